The van der Waals surface area contributed by atoms with E-state index in [1.165, 1.54) is 539 Å². The number of nitrogens with zero attached hydrogens (tertiary/aromatic N) is 3. The van der Waals surface area contributed by atoms with Crippen LogP contribution in [0.25, 0.3) is 10.4 Å². The van der Waals surface area contributed by atoms with E-state index in [0.717, 1.165) is 0 Å². The maximum atomic E-state index is 11.7. The Balaban J connectivity index is 1.84. The zero-order valence-corrected chi connectivity index (χ0v) is 64.8. The second kappa shape index (κ2) is 68.1. The van der Waals surface area contributed by atoms with Crippen LogP contribution >= 0.6 is 0 Å². The molecule has 0 amide bonds. The maximum Gasteiger partial charge on any atom is 0.0441 e. The predicted molar refractivity (Wildman–Crippen MR) is 422 cm³/mol. The molecule has 0 spiro atoms. The highest BCUT2D eigenvalue weighted by Gasteiger charge is 2.44. The molecule has 0 unspecified atom stereocenters. The van der Waals surface area contributed by atoms with Gasteiger partial charge in [0.1, 0.15) is 0 Å². The average molecular weight is 1310 g/mol. The Morgan fingerprint density at radius 1 is 0.149 bits per heavy atom. The molecule has 0 aromatic carbocycles. The van der Waals surface area contributed by atoms with Crippen LogP contribution in [-0.4, -0.2) is 6.04 Å². The van der Waals surface area contributed by atoms with Crippen molar-refractivity contribution in [3.8, 4) is 0 Å². The molecule has 0 aliphatic heterocycles. The Morgan fingerprint density at radius 3 is 0.319 bits per heavy atom. The molecule has 554 valence electrons. The monoisotopic (exact) mass is 1310 g/mol. The Bertz CT molecular complexity index is 1260. The SMILES string of the molecule is [N-]=[N+]=NC(C(C1CCCCCCCCCCCCCCCCCCCCC1)C1CCCCCCCCCCCCCCCCCCCCC1)C(C1CCCCCCCCCCCCCCCCCCCCC1)C1CCCCCCCCCCCCCCCCCCCCC1. The first-order chi connectivity index (χ1) is 46.9. The number of hydrogen-bond acceptors (Lipinski definition) is 1. The minimum atomic E-state index is 0.157. The summed E-state index contributed by atoms with van der Waals surface area (Å²) in [6.45, 7) is 0. The van der Waals surface area contributed by atoms with E-state index < -0.39 is 0 Å². The summed E-state index contributed by atoms with van der Waals surface area (Å²) in [7, 11) is 0. The van der Waals surface area contributed by atoms with Gasteiger partial charge >= 0.3 is 0 Å². The molecule has 0 bridgehead atoms. The third kappa shape index (κ3) is 49.8. The molecule has 4 fully saturated rings. The minimum absolute atomic E-state index is 0.157. The summed E-state index contributed by atoms with van der Waals surface area (Å²) in [5.41, 5.74) is 11.7. The van der Waals surface area contributed by atoms with E-state index in [4.69, 9.17) is 5.11 Å². The summed E-state index contributed by atoms with van der Waals surface area (Å²) in [4.78, 5) is 4.34. The first kappa shape index (κ1) is 85.7. The Labute approximate surface area is 593 Å². The van der Waals surface area contributed by atoms with Gasteiger partial charge in [-0.15, -0.1) is 0 Å². The number of hydrogen-bond donors (Lipinski definition) is 0. The molecule has 4 aliphatic carbocycles. The van der Waals surface area contributed by atoms with E-state index in [1.807, 2.05) is 0 Å². The van der Waals surface area contributed by atoms with E-state index >= 15 is 0 Å². The van der Waals surface area contributed by atoms with Gasteiger partial charge in [-0.25, -0.2) is 0 Å². The van der Waals surface area contributed by atoms with Crippen LogP contribution in [0.3, 0.4) is 0 Å². The summed E-state index contributed by atoms with van der Waals surface area (Å²) in [6, 6.07) is 0.157. The Kier molecular flexibility index (Phi) is 62.1. The van der Waals surface area contributed by atoms with Gasteiger partial charge in [0.2, 0.25) is 0 Å². The highest BCUT2D eigenvalue weighted by atomic mass is 15.2. The van der Waals surface area contributed by atoms with Crippen LogP contribution in [0.2, 0.25) is 0 Å². The van der Waals surface area contributed by atoms with Crippen molar-refractivity contribution in [2.75, 3.05) is 0 Å². The molecular weight excluding hydrogens is 1140 g/mol. The quantitative estimate of drug-likeness (QED) is 0.139. The third-order valence-corrected chi connectivity index (χ3v) is 25.8. The molecule has 0 N–H and O–H groups in total. The highest BCUT2D eigenvalue weighted by Crippen LogP contribution is 2.49. The molecule has 0 saturated heterocycles. The van der Waals surface area contributed by atoms with Crippen molar-refractivity contribution in [2.45, 2.75) is 545 Å². The van der Waals surface area contributed by atoms with Gasteiger partial charge < -0.3 is 0 Å². The molecular formula is C91H175N3. The van der Waals surface area contributed by atoms with Crippen LogP contribution in [0.1, 0.15) is 539 Å². The van der Waals surface area contributed by atoms with Crippen LogP contribution in [-0.2, 0) is 0 Å². The van der Waals surface area contributed by atoms with Gasteiger partial charge in [0.05, 0.1) is 0 Å². The molecule has 3 nitrogen and oxygen atoms in total. The fourth-order valence-electron chi connectivity index (χ4n) is 19.7. The van der Waals surface area contributed by atoms with Crippen molar-refractivity contribution < 1.29 is 0 Å². The van der Waals surface area contributed by atoms with Crippen molar-refractivity contribution in [1.82, 2.24) is 0 Å². The van der Waals surface area contributed by atoms with Crippen molar-refractivity contribution in [2.24, 2.45) is 40.6 Å². The summed E-state index contributed by atoms with van der Waals surface area (Å²) in [5, 5.41) is 5.73. The van der Waals surface area contributed by atoms with Crippen LogP contribution in [0.4, 0.5) is 0 Å². The number of rotatable bonds is 7. The zero-order chi connectivity index (χ0) is 65.9. The smallest absolute Gasteiger partial charge is 0.0441 e. The first-order valence-electron chi connectivity index (χ1n) is 45.9. The van der Waals surface area contributed by atoms with Crippen molar-refractivity contribution >= 4 is 0 Å². The molecule has 4 rings (SSSR count). The van der Waals surface area contributed by atoms with E-state index in [9.17, 15) is 5.53 Å². The highest BCUT2D eigenvalue weighted by molar-refractivity contribution is 4.97. The fourth-order valence-corrected chi connectivity index (χ4v) is 19.7. The van der Waals surface area contributed by atoms with Crippen molar-refractivity contribution in [1.29, 1.82) is 0 Å². The van der Waals surface area contributed by atoms with Gasteiger partial charge in [-0.2, -0.15) is 0 Å². The first-order valence-corrected chi connectivity index (χ1v) is 45.9. The third-order valence-electron chi connectivity index (χ3n) is 25.8. The molecule has 94 heavy (non-hydrogen) atoms. The van der Waals surface area contributed by atoms with Gasteiger partial charge in [-0.3, -0.25) is 0 Å². The van der Waals surface area contributed by atoms with Gasteiger partial charge in [-0.1, -0.05) is 544 Å². The van der Waals surface area contributed by atoms with Crippen molar-refractivity contribution in [3.63, 3.8) is 0 Å². The zero-order valence-electron chi connectivity index (χ0n) is 64.8. The van der Waals surface area contributed by atoms with Crippen molar-refractivity contribution in [3.05, 3.63) is 10.4 Å². The average Bonchev–Trinajstić information content (AvgIpc) is 0.815. The summed E-state index contributed by atoms with van der Waals surface area (Å²) in [6.07, 6.45) is 122. The van der Waals surface area contributed by atoms with E-state index in [1.54, 1.807) is 0 Å². The molecule has 4 aliphatic rings. The minimum Gasteiger partial charge on any atom is -0.0900 e. The lowest BCUT2D eigenvalue weighted by atomic mass is 9.60. The fraction of sp³-hybridized carbons (Fsp3) is 1.00. The molecule has 0 heterocycles. The van der Waals surface area contributed by atoms with Crippen LogP contribution in [0.15, 0.2) is 5.11 Å². The van der Waals surface area contributed by atoms with E-state index in [2.05, 4.69) is 4.91 Å². The van der Waals surface area contributed by atoms with E-state index in [0.29, 0.717) is 35.5 Å². The lowest BCUT2D eigenvalue weighted by molar-refractivity contribution is 0.0530. The summed E-state index contributed by atoms with van der Waals surface area (Å²) < 4.78 is 0. The Hall–Kier alpha value is -0.690. The Morgan fingerprint density at radius 2 is 0.234 bits per heavy atom. The van der Waals surface area contributed by atoms with Crippen LogP contribution in [0, 0.1) is 35.5 Å². The molecule has 0 aromatic rings. The maximum absolute atomic E-state index is 11.7. The summed E-state index contributed by atoms with van der Waals surface area (Å²) in [5.74, 6) is 3.87. The van der Waals surface area contributed by atoms with Crippen LogP contribution < -0.4 is 0 Å². The molecule has 0 radical (unpaired) electrons. The van der Waals surface area contributed by atoms with Gasteiger partial charge in [0.25, 0.3) is 0 Å². The standard InChI is InChI=1S/C91H175N3/c92-94-93-91(89(85-77-69-61-53-45-37-29-21-13-5-1-6-14-22-30-38-46-54-62-70-78-85)86-79-71-63-55-47-39-31-23-15-7-2-8-16-24-32-40-48-56-64-72-80-86)90(87-81-73-65-57-49-41-33-25-17-9-3-10-18-26-34-42-50-58-66-74-82-87)88-83-75-67-59-51-43-35-27-19-11-4-12-20-28-36-44-52-60-68-76-84-88/h85-91H,1-84H2. The van der Waals surface area contributed by atoms with Gasteiger partial charge in [-0.05, 0) is 41.0 Å². The topological polar surface area (TPSA) is 48.8 Å². The normalized spacial score (nSPS) is 24.8. The lowest BCUT2D eigenvalue weighted by Crippen LogP contribution is -2.44. The second-order valence-corrected chi connectivity index (χ2v) is 34.1. The van der Waals surface area contributed by atoms with E-state index in [-0.39, 0.29) is 6.04 Å². The van der Waals surface area contributed by atoms with Gasteiger partial charge in [0, 0.05) is 11.0 Å². The molecule has 0 atom stereocenters. The second-order valence-electron chi connectivity index (χ2n) is 34.1. The predicted octanol–water partition coefficient (Wildman–Crippen LogP) is 34.2. The number of azide groups is 1. The molecule has 4 saturated carbocycles. The van der Waals surface area contributed by atoms with Gasteiger partial charge in [0.15, 0.2) is 0 Å². The molecule has 3 heteroatoms. The molecule has 0 aromatic heterocycles. The van der Waals surface area contributed by atoms with Crippen LogP contribution in [0.5, 0.6) is 0 Å². The summed E-state index contributed by atoms with van der Waals surface area (Å²) >= 11 is 0. The largest absolute Gasteiger partial charge is 0.0900 e. The lowest BCUT2D eigenvalue weighted by Gasteiger charge is -2.47.